The van der Waals surface area contributed by atoms with Crippen molar-refractivity contribution in [3.05, 3.63) is 93.6 Å². The third-order valence-corrected chi connectivity index (χ3v) is 5.35. The normalized spacial score (nSPS) is 10.7. The average Bonchev–Trinajstić information content (AvgIpc) is 2.85. The standard InChI is InChI=1S/C28H25NO6/c1-4-33-28(32)20-10-12-21(13-11-20)29-24(30)16-34-27-25(31)22-15-18(3)7-14-23(22)35-26(27)19-8-5-17(2)6-9-19/h5-15H,4,16H2,1-3H3,(H,29,30). The van der Waals surface area contributed by atoms with Crippen LogP contribution >= 0.6 is 0 Å². The van der Waals surface area contributed by atoms with Gasteiger partial charge >= 0.3 is 5.97 Å². The van der Waals surface area contributed by atoms with E-state index < -0.39 is 18.5 Å². The summed E-state index contributed by atoms with van der Waals surface area (Å²) in [7, 11) is 0. The van der Waals surface area contributed by atoms with Gasteiger partial charge in [0.05, 0.1) is 17.6 Å². The van der Waals surface area contributed by atoms with E-state index in [4.69, 9.17) is 13.9 Å². The smallest absolute Gasteiger partial charge is 0.338 e. The van der Waals surface area contributed by atoms with Crippen molar-refractivity contribution in [3.8, 4) is 17.1 Å². The van der Waals surface area contributed by atoms with Crippen molar-refractivity contribution in [1.29, 1.82) is 0 Å². The maximum atomic E-state index is 13.3. The first-order valence-corrected chi connectivity index (χ1v) is 11.2. The minimum absolute atomic E-state index is 0.0280. The molecule has 7 nitrogen and oxygen atoms in total. The number of hydrogen-bond donors (Lipinski definition) is 1. The Morgan fingerprint density at radius 2 is 1.60 bits per heavy atom. The van der Waals surface area contributed by atoms with Gasteiger partial charge in [0.15, 0.2) is 12.4 Å². The number of aryl methyl sites for hydroxylation is 2. The van der Waals surface area contributed by atoms with Gasteiger partial charge in [-0.2, -0.15) is 0 Å². The van der Waals surface area contributed by atoms with E-state index in [1.165, 1.54) is 0 Å². The Morgan fingerprint density at radius 1 is 0.914 bits per heavy atom. The highest BCUT2D eigenvalue weighted by Gasteiger charge is 2.19. The maximum absolute atomic E-state index is 13.3. The minimum atomic E-state index is -0.465. The number of esters is 1. The van der Waals surface area contributed by atoms with Crippen LogP contribution in [0.25, 0.3) is 22.3 Å². The fourth-order valence-corrected chi connectivity index (χ4v) is 3.56. The van der Waals surface area contributed by atoms with Crippen LogP contribution in [0.5, 0.6) is 5.75 Å². The summed E-state index contributed by atoms with van der Waals surface area (Å²) in [6, 6.07) is 19.1. The summed E-state index contributed by atoms with van der Waals surface area (Å²) in [6.07, 6.45) is 0. The Balaban J connectivity index is 1.58. The number of fused-ring (bicyclic) bond motifs is 1. The van der Waals surface area contributed by atoms with Crippen LogP contribution in [-0.4, -0.2) is 25.1 Å². The largest absolute Gasteiger partial charge is 0.476 e. The van der Waals surface area contributed by atoms with Crippen LogP contribution in [0, 0.1) is 13.8 Å². The van der Waals surface area contributed by atoms with Crippen molar-refractivity contribution in [2.45, 2.75) is 20.8 Å². The number of nitrogens with one attached hydrogen (secondary N) is 1. The van der Waals surface area contributed by atoms with Crippen LogP contribution in [0.3, 0.4) is 0 Å². The molecule has 1 aromatic heterocycles. The molecule has 0 aliphatic carbocycles. The number of carbonyl (C=O) groups excluding carboxylic acids is 2. The van der Waals surface area contributed by atoms with E-state index in [0.717, 1.165) is 11.1 Å². The number of ether oxygens (including phenoxy) is 2. The lowest BCUT2D eigenvalue weighted by Gasteiger charge is -2.12. The Morgan fingerprint density at radius 3 is 2.29 bits per heavy atom. The number of amides is 1. The molecule has 0 fully saturated rings. The second-order valence-electron chi connectivity index (χ2n) is 8.09. The zero-order chi connectivity index (χ0) is 24.9. The summed E-state index contributed by atoms with van der Waals surface area (Å²) in [4.78, 5) is 37.7. The van der Waals surface area contributed by atoms with Crippen molar-refractivity contribution in [1.82, 2.24) is 0 Å². The van der Waals surface area contributed by atoms with Crippen LogP contribution in [0.15, 0.2) is 75.9 Å². The molecule has 0 saturated carbocycles. The molecule has 4 rings (SSSR count). The van der Waals surface area contributed by atoms with Crippen molar-refractivity contribution in [3.63, 3.8) is 0 Å². The van der Waals surface area contributed by atoms with E-state index in [-0.39, 0.29) is 23.5 Å². The molecule has 1 N–H and O–H groups in total. The quantitative estimate of drug-likeness (QED) is 0.369. The van der Waals surface area contributed by atoms with Crippen LogP contribution in [0.1, 0.15) is 28.4 Å². The van der Waals surface area contributed by atoms with Gasteiger partial charge in [-0.15, -0.1) is 0 Å². The molecule has 0 saturated heterocycles. The Labute approximate surface area is 202 Å². The first-order chi connectivity index (χ1) is 16.9. The second kappa shape index (κ2) is 10.3. The first kappa shape index (κ1) is 23.8. The zero-order valence-electron chi connectivity index (χ0n) is 19.7. The predicted octanol–water partition coefficient (Wildman–Crippen LogP) is 5.27. The highest BCUT2D eigenvalue weighted by Crippen LogP contribution is 2.31. The van der Waals surface area contributed by atoms with Crippen LogP contribution < -0.4 is 15.5 Å². The average molecular weight is 472 g/mol. The lowest BCUT2D eigenvalue weighted by molar-refractivity contribution is -0.118. The molecular weight excluding hydrogens is 446 g/mol. The van der Waals surface area contributed by atoms with Gasteiger partial charge in [-0.25, -0.2) is 4.79 Å². The lowest BCUT2D eigenvalue weighted by Crippen LogP contribution is -2.22. The van der Waals surface area contributed by atoms with Gasteiger partial charge in [-0.1, -0.05) is 41.5 Å². The second-order valence-corrected chi connectivity index (χ2v) is 8.09. The van der Waals surface area contributed by atoms with Crippen LogP contribution in [0.4, 0.5) is 5.69 Å². The van der Waals surface area contributed by atoms with Crippen molar-refractivity contribution >= 4 is 28.5 Å². The van der Waals surface area contributed by atoms with E-state index in [0.29, 0.717) is 27.8 Å². The minimum Gasteiger partial charge on any atom is -0.476 e. The summed E-state index contributed by atoms with van der Waals surface area (Å²) in [5.41, 5.74) is 3.58. The molecular formula is C28H25NO6. The van der Waals surface area contributed by atoms with Gasteiger partial charge in [-0.3, -0.25) is 9.59 Å². The molecule has 3 aromatic carbocycles. The topological polar surface area (TPSA) is 94.8 Å². The number of benzene rings is 3. The van der Waals surface area contributed by atoms with Crippen molar-refractivity contribution in [2.75, 3.05) is 18.5 Å². The number of carbonyl (C=O) groups is 2. The monoisotopic (exact) mass is 471 g/mol. The van der Waals surface area contributed by atoms with Gasteiger partial charge in [0.2, 0.25) is 11.2 Å². The highest BCUT2D eigenvalue weighted by molar-refractivity contribution is 5.94. The fourth-order valence-electron chi connectivity index (χ4n) is 3.56. The number of rotatable bonds is 7. The molecule has 35 heavy (non-hydrogen) atoms. The summed E-state index contributed by atoms with van der Waals surface area (Å²) >= 11 is 0. The molecule has 0 spiro atoms. The molecule has 1 amide bonds. The summed E-state index contributed by atoms with van der Waals surface area (Å²) < 4.78 is 16.8. The molecule has 7 heteroatoms. The van der Waals surface area contributed by atoms with E-state index >= 15 is 0 Å². The molecule has 0 radical (unpaired) electrons. The third kappa shape index (κ3) is 5.41. The Hall–Kier alpha value is -4.39. The van der Waals surface area contributed by atoms with Gasteiger partial charge in [0.25, 0.3) is 5.91 Å². The summed E-state index contributed by atoms with van der Waals surface area (Å²) in [5.74, 6) is -0.666. The molecule has 0 aliphatic rings. The molecule has 0 aliphatic heterocycles. The van der Waals surface area contributed by atoms with Gasteiger partial charge < -0.3 is 19.2 Å². The zero-order valence-corrected chi connectivity index (χ0v) is 19.7. The third-order valence-electron chi connectivity index (χ3n) is 5.35. The predicted molar refractivity (Wildman–Crippen MR) is 134 cm³/mol. The number of anilines is 1. The number of hydrogen-bond acceptors (Lipinski definition) is 6. The van der Waals surface area contributed by atoms with Crippen molar-refractivity contribution < 1.29 is 23.5 Å². The fraction of sp³-hybridized carbons (Fsp3) is 0.179. The summed E-state index contributed by atoms with van der Waals surface area (Å²) in [6.45, 7) is 5.45. The van der Waals surface area contributed by atoms with E-state index in [9.17, 15) is 14.4 Å². The van der Waals surface area contributed by atoms with Gasteiger partial charge in [-0.05, 0) is 57.2 Å². The molecule has 178 valence electrons. The van der Waals surface area contributed by atoms with E-state index in [1.807, 2.05) is 44.2 Å². The van der Waals surface area contributed by atoms with Crippen LogP contribution in [-0.2, 0) is 9.53 Å². The molecule has 0 unspecified atom stereocenters. The SMILES string of the molecule is CCOC(=O)c1ccc(NC(=O)COc2c(-c3ccc(C)cc3)oc3ccc(C)cc3c2=O)cc1. The van der Waals surface area contributed by atoms with E-state index in [2.05, 4.69) is 5.32 Å². The van der Waals surface area contributed by atoms with Gasteiger partial charge in [0, 0.05) is 11.3 Å². The highest BCUT2D eigenvalue weighted by atomic mass is 16.5. The first-order valence-electron chi connectivity index (χ1n) is 11.2. The molecule has 4 aromatic rings. The molecule has 0 atom stereocenters. The Kier molecular flexibility index (Phi) is 6.96. The molecule has 0 bridgehead atoms. The van der Waals surface area contributed by atoms with Gasteiger partial charge in [0.1, 0.15) is 5.58 Å². The summed E-state index contributed by atoms with van der Waals surface area (Å²) in [5, 5.41) is 3.07. The Bertz CT molecular complexity index is 1440. The van der Waals surface area contributed by atoms with Crippen LogP contribution in [0.2, 0.25) is 0 Å². The molecule has 1 heterocycles. The van der Waals surface area contributed by atoms with Crippen molar-refractivity contribution in [2.24, 2.45) is 0 Å². The van der Waals surface area contributed by atoms with E-state index in [1.54, 1.807) is 43.3 Å². The maximum Gasteiger partial charge on any atom is 0.338 e. The lowest BCUT2D eigenvalue weighted by atomic mass is 10.1.